The zero-order valence-corrected chi connectivity index (χ0v) is 17.4. The summed E-state index contributed by atoms with van der Waals surface area (Å²) in [5, 5.41) is 8.61. The van der Waals surface area contributed by atoms with Crippen LogP contribution in [0.5, 0.6) is 0 Å². The van der Waals surface area contributed by atoms with E-state index in [0.717, 1.165) is 16.6 Å². The Kier molecular flexibility index (Phi) is 7.75. The number of ether oxygens (including phenoxy) is 1. The van der Waals surface area contributed by atoms with Crippen LogP contribution in [0, 0.1) is 5.41 Å². The molecule has 23 heavy (non-hydrogen) atoms. The first-order chi connectivity index (χ1) is 10.4. The van der Waals surface area contributed by atoms with Crippen molar-refractivity contribution in [1.29, 1.82) is 0 Å². The zero-order chi connectivity index (χ0) is 16.2. The number of aromatic nitrogens is 2. The summed E-state index contributed by atoms with van der Waals surface area (Å²) in [5.74, 6) is 0.752. The minimum atomic E-state index is 0. The number of rotatable bonds is 5. The van der Waals surface area contributed by atoms with Crippen LogP contribution in [-0.2, 0) is 11.3 Å². The molecule has 0 radical (unpaired) electrons. The van der Waals surface area contributed by atoms with E-state index in [-0.39, 0.29) is 35.5 Å². The van der Waals surface area contributed by atoms with E-state index in [1.54, 1.807) is 25.5 Å². The highest BCUT2D eigenvalue weighted by Gasteiger charge is 2.24. The van der Waals surface area contributed by atoms with Crippen molar-refractivity contribution in [3.63, 3.8) is 0 Å². The molecule has 0 spiro atoms. The second kappa shape index (κ2) is 8.84. The van der Waals surface area contributed by atoms with Crippen molar-refractivity contribution in [3.8, 4) is 0 Å². The van der Waals surface area contributed by atoms with Crippen molar-refractivity contribution in [2.24, 2.45) is 10.4 Å². The summed E-state index contributed by atoms with van der Waals surface area (Å²) in [7, 11) is 3.51. The highest BCUT2D eigenvalue weighted by Crippen LogP contribution is 2.20. The lowest BCUT2D eigenvalue weighted by Crippen LogP contribution is -2.45. The minimum absolute atomic E-state index is 0. The molecule has 0 bridgehead atoms. The van der Waals surface area contributed by atoms with E-state index in [2.05, 4.69) is 41.4 Å². The summed E-state index contributed by atoms with van der Waals surface area (Å²) >= 11 is 1.63. The topological polar surface area (TPSA) is 63.0 Å². The van der Waals surface area contributed by atoms with Crippen molar-refractivity contribution in [2.75, 3.05) is 20.7 Å². The molecule has 0 saturated carbocycles. The van der Waals surface area contributed by atoms with Gasteiger partial charge in [-0.25, -0.2) is 4.98 Å². The lowest BCUT2D eigenvalue weighted by atomic mass is 9.89. The van der Waals surface area contributed by atoms with E-state index >= 15 is 0 Å². The van der Waals surface area contributed by atoms with Crippen molar-refractivity contribution < 1.29 is 4.74 Å². The normalized spacial score (nSPS) is 13.7. The number of hydrogen-bond donors (Lipinski definition) is 2. The van der Waals surface area contributed by atoms with E-state index in [9.17, 15) is 0 Å². The van der Waals surface area contributed by atoms with Gasteiger partial charge in [-0.2, -0.15) is 0 Å². The SMILES string of the molecule is CN=C(NCc1cn2ccsc2n1)NCC(OC)C(C)(C)C.I. The molecule has 6 nitrogen and oxygen atoms in total. The zero-order valence-electron chi connectivity index (χ0n) is 14.3. The van der Waals surface area contributed by atoms with Crippen molar-refractivity contribution in [2.45, 2.75) is 33.4 Å². The third-order valence-corrected chi connectivity index (χ3v) is 4.28. The number of fused-ring (bicyclic) bond motifs is 1. The van der Waals surface area contributed by atoms with Gasteiger partial charge in [0.1, 0.15) is 0 Å². The number of methoxy groups -OCH3 is 1. The number of halogens is 1. The first-order valence-corrected chi connectivity index (χ1v) is 8.20. The van der Waals surface area contributed by atoms with Gasteiger partial charge >= 0.3 is 0 Å². The van der Waals surface area contributed by atoms with Crippen LogP contribution in [-0.4, -0.2) is 42.2 Å². The summed E-state index contributed by atoms with van der Waals surface area (Å²) < 4.78 is 7.57. The Balaban J connectivity index is 0.00000264. The summed E-state index contributed by atoms with van der Waals surface area (Å²) in [6.07, 6.45) is 4.15. The van der Waals surface area contributed by atoms with Crippen LogP contribution >= 0.6 is 35.3 Å². The maximum Gasteiger partial charge on any atom is 0.193 e. The first kappa shape index (κ1) is 20.2. The molecule has 2 aromatic heterocycles. The molecule has 2 N–H and O–H groups in total. The monoisotopic (exact) mass is 451 g/mol. The van der Waals surface area contributed by atoms with E-state index in [1.807, 2.05) is 22.2 Å². The molecule has 8 heteroatoms. The van der Waals surface area contributed by atoms with E-state index in [1.165, 1.54) is 0 Å². The molecule has 2 heterocycles. The quantitative estimate of drug-likeness (QED) is 0.417. The molecular weight excluding hydrogens is 425 g/mol. The fourth-order valence-electron chi connectivity index (χ4n) is 2.19. The average molecular weight is 451 g/mol. The highest BCUT2D eigenvalue weighted by molar-refractivity contribution is 14.0. The minimum Gasteiger partial charge on any atom is -0.379 e. The van der Waals surface area contributed by atoms with Crippen LogP contribution in [0.2, 0.25) is 0 Å². The molecule has 0 aromatic carbocycles. The van der Waals surface area contributed by atoms with Crippen LogP contribution < -0.4 is 10.6 Å². The maximum atomic E-state index is 5.54. The fourth-order valence-corrected chi connectivity index (χ4v) is 2.91. The molecule has 1 unspecified atom stereocenters. The van der Waals surface area contributed by atoms with E-state index < -0.39 is 0 Å². The number of thiazole rings is 1. The van der Waals surface area contributed by atoms with Crippen molar-refractivity contribution >= 4 is 46.2 Å². The molecule has 0 aliphatic rings. The predicted molar refractivity (Wildman–Crippen MR) is 107 cm³/mol. The molecule has 1 atom stereocenters. The Hall–Kier alpha value is -0.870. The number of nitrogens with one attached hydrogen (secondary N) is 2. The fraction of sp³-hybridized carbons (Fsp3) is 0.600. The third kappa shape index (κ3) is 5.61. The number of hydrogen-bond acceptors (Lipinski definition) is 4. The standard InChI is InChI=1S/C15H25N5OS.HI/c1-15(2,3)12(21-5)9-18-13(16-4)17-8-11-10-20-6-7-22-14(20)19-11;/h6-7,10,12H,8-9H2,1-5H3,(H2,16,17,18);1H. The predicted octanol–water partition coefficient (Wildman–Crippen LogP) is 2.74. The van der Waals surface area contributed by atoms with Crippen molar-refractivity contribution in [3.05, 3.63) is 23.5 Å². The molecule has 130 valence electrons. The smallest absolute Gasteiger partial charge is 0.193 e. The van der Waals surface area contributed by atoms with Gasteiger partial charge in [0.05, 0.1) is 18.3 Å². The van der Waals surface area contributed by atoms with Crippen LogP contribution in [0.3, 0.4) is 0 Å². The van der Waals surface area contributed by atoms with Gasteiger partial charge in [0.25, 0.3) is 0 Å². The van der Waals surface area contributed by atoms with Gasteiger partial charge in [-0.15, -0.1) is 35.3 Å². The molecule has 0 fully saturated rings. The molecule has 2 aromatic rings. The molecular formula is C15H26IN5OS. The van der Waals surface area contributed by atoms with Crippen LogP contribution in [0.4, 0.5) is 0 Å². The summed E-state index contributed by atoms with van der Waals surface area (Å²) in [4.78, 5) is 9.79. The summed E-state index contributed by atoms with van der Waals surface area (Å²) in [5.41, 5.74) is 1.07. The third-order valence-electron chi connectivity index (χ3n) is 3.51. The molecule has 2 rings (SSSR count). The van der Waals surface area contributed by atoms with E-state index in [4.69, 9.17) is 4.74 Å². The highest BCUT2D eigenvalue weighted by atomic mass is 127. The number of aliphatic imine (C=N–C) groups is 1. The second-order valence-corrected chi connectivity index (χ2v) is 7.10. The average Bonchev–Trinajstić information content (AvgIpc) is 3.02. The molecule has 0 saturated heterocycles. The Morgan fingerprint density at radius 2 is 2.17 bits per heavy atom. The second-order valence-electron chi connectivity index (χ2n) is 6.22. The Morgan fingerprint density at radius 1 is 1.43 bits per heavy atom. The Labute approximate surface area is 158 Å². The van der Waals surface area contributed by atoms with Gasteiger partial charge in [0, 0.05) is 38.5 Å². The van der Waals surface area contributed by atoms with Gasteiger partial charge in [-0.1, -0.05) is 20.8 Å². The summed E-state index contributed by atoms with van der Waals surface area (Å²) in [6, 6.07) is 0. The summed E-state index contributed by atoms with van der Waals surface area (Å²) in [6.45, 7) is 7.84. The van der Waals surface area contributed by atoms with Crippen LogP contribution in [0.1, 0.15) is 26.5 Å². The number of guanidine groups is 1. The lowest BCUT2D eigenvalue weighted by molar-refractivity contribution is 0.0205. The van der Waals surface area contributed by atoms with Gasteiger partial charge in [0.2, 0.25) is 0 Å². The largest absolute Gasteiger partial charge is 0.379 e. The van der Waals surface area contributed by atoms with Gasteiger partial charge < -0.3 is 15.4 Å². The maximum absolute atomic E-state index is 5.54. The van der Waals surface area contributed by atoms with Gasteiger partial charge in [-0.05, 0) is 5.41 Å². The van der Waals surface area contributed by atoms with E-state index in [0.29, 0.717) is 13.1 Å². The molecule has 0 aliphatic carbocycles. The van der Waals surface area contributed by atoms with Crippen molar-refractivity contribution in [1.82, 2.24) is 20.0 Å². The van der Waals surface area contributed by atoms with Gasteiger partial charge in [-0.3, -0.25) is 9.39 Å². The van der Waals surface area contributed by atoms with Crippen LogP contribution in [0.25, 0.3) is 4.96 Å². The first-order valence-electron chi connectivity index (χ1n) is 7.32. The van der Waals surface area contributed by atoms with Crippen LogP contribution in [0.15, 0.2) is 22.8 Å². The number of imidazole rings is 1. The Morgan fingerprint density at radius 3 is 2.74 bits per heavy atom. The Bertz CT molecular complexity index is 603. The number of nitrogens with zero attached hydrogens (tertiary/aromatic N) is 3. The van der Waals surface area contributed by atoms with Gasteiger partial charge in [0.15, 0.2) is 10.9 Å². The molecule has 0 aliphatic heterocycles. The molecule has 0 amide bonds. The lowest BCUT2D eigenvalue weighted by Gasteiger charge is -2.30.